The summed E-state index contributed by atoms with van der Waals surface area (Å²) in [7, 11) is 0. The maximum absolute atomic E-state index is 5.12. The van der Waals surface area contributed by atoms with E-state index in [-0.39, 0.29) is 0 Å². The van der Waals surface area contributed by atoms with Gasteiger partial charge in [0.15, 0.2) is 17.5 Å². The van der Waals surface area contributed by atoms with Crippen LogP contribution < -0.4 is 0 Å². The molecule has 0 saturated carbocycles. The molecule has 0 amide bonds. The second kappa shape index (κ2) is 10.8. The first-order valence-corrected chi connectivity index (χ1v) is 17.3. The molecule has 0 spiro atoms. The predicted molar refractivity (Wildman–Crippen MR) is 210 cm³/mol. The molecule has 4 heteroatoms. The lowest BCUT2D eigenvalue weighted by Gasteiger charge is -2.16. The molecule has 0 bridgehead atoms. The van der Waals surface area contributed by atoms with Crippen LogP contribution in [0.25, 0.3) is 105 Å². The number of rotatable bonds is 4. The van der Waals surface area contributed by atoms with Gasteiger partial charge in [-0.1, -0.05) is 146 Å². The third kappa shape index (κ3) is 4.17. The SMILES string of the molecule is c1ccc(-c2nc(-c3ccccc3)nc(-c3cc(-n4c5cccc6c5c5c(cccc54)-c4cccc5cccc-6c45)c4ccccc4c3)n2)cc1. The van der Waals surface area contributed by atoms with Gasteiger partial charge in [-0.05, 0) is 62.7 Å². The molecule has 0 radical (unpaired) electrons. The normalized spacial score (nSPS) is 11.9. The number of hydrogen-bond acceptors (Lipinski definition) is 3. The minimum atomic E-state index is 0.638. The largest absolute Gasteiger partial charge is 0.309 e. The van der Waals surface area contributed by atoms with Crippen molar-refractivity contribution in [2.75, 3.05) is 0 Å². The van der Waals surface area contributed by atoms with Gasteiger partial charge in [0.1, 0.15) is 0 Å². The highest BCUT2D eigenvalue weighted by Crippen LogP contribution is 2.50. The Kier molecular flexibility index (Phi) is 5.92. The number of fused-ring (bicyclic) bond motifs is 3. The molecule has 236 valence electrons. The third-order valence-corrected chi connectivity index (χ3v) is 10.3. The topological polar surface area (TPSA) is 43.6 Å². The van der Waals surface area contributed by atoms with Gasteiger partial charge in [-0.3, -0.25) is 0 Å². The summed E-state index contributed by atoms with van der Waals surface area (Å²) < 4.78 is 2.45. The summed E-state index contributed by atoms with van der Waals surface area (Å²) in [6.45, 7) is 0. The van der Waals surface area contributed by atoms with Crippen LogP contribution in [0.5, 0.6) is 0 Å². The highest BCUT2D eigenvalue weighted by molar-refractivity contribution is 6.27. The molecule has 0 unspecified atom stereocenters. The lowest BCUT2D eigenvalue weighted by molar-refractivity contribution is 1.07. The maximum atomic E-state index is 5.12. The van der Waals surface area contributed by atoms with Crippen molar-refractivity contribution < 1.29 is 0 Å². The van der Waals surface area contributed by atoms with Crippen LogP contribution in [0, 0.1) is 0 Å². The van der Waals surface area contributed by atoms with Gasteiger partial charge in [-0.15, -0.1) is 0 Å². The van der Waals surface area contributed by atoms with Crippen LogP contribution in [0.1, 0.15) is 0 Å². The fourth-order valence-corrected chi connectivity index (χ4v) is 8.15. The Balaban J connectivity index is 1.23. The predicted octanol–water partition coefficient (Wildman–Crippen LogP) is 11.9. The van der Waals surface area contributed by atoms with Crippen LogP contribution >= 0.6 is 0 Å². The van der Waals surface area contributed by atoms with Gasteiger partial charge < -0.3 is 4.57 Å². The molecule has 0 N–H and O–H groups in total. The minimum absolute atomic E-state index is 0.638. The summed E-state index contributed by atoms with van der Waals surface area (Å²) in [6, 6.07) is 60.3. The summed E-state index contributed by atoms with van der Waals surface area (Å²) in [5.41, 5.74) is 11.3. The molecule has 0 aliphatic heterocycles. The molecule has 10 aromatic rings. The molecule has 0 fully saturated rings. The van der Waals surface area contributed by atoms with Crippen molar-refractivity contribution in [3.63, 3.8) is 0 Å². The van der Waals surface area contributed by atoms with E-state index in [1.807, 2.05) is 36.4 Å². The van der Waals surface area contributed by atoms with Gasteiger partial charge in [0, 0.05) is 32.8 Å². The molecular formula is C47H28N4. The van der Waals surface area contributed by atoms with E-state index in [1.54, 1.807) is 0 Å². The van der Waals surface area contributed by atoms with E-state index in [2.05, 4.69) is 138 Å². The average Bonchev–Trinajstić information content (AvgIpc) is 3.49. The molecule has 2 heterocycles. The summed E-state index contributed by atoms with van der Waals surface area (Å²) in [5, 5.41) is 7.41. The molecule has 1 aliphatic carbocycles. The quantitative estimate of drug-likeness (QED) is 0.191. The second-order valence-corrected chi connectivity index (χ2v) is 13.2. The van der Waals surface area contributed by atoms with Crippen molar-refractivity contribution in [3.05, 3.63) is 170 Å². The first-order chi connectivity index (χ1) is 25.3. The van der Waals surface area contributed by atoms with Crippen LogP contribution in [-0.2, 0) is 0 Å². The van der Waals surface area contributed by atoms with Gasteiger partial charge in [-0.2, -0.15) is 0 Å². The molecular weight excluding hydrogens is 621 g/mol. The lowest BCUT2D eigenvalue weighted by atomic mass is 9.93. The van der Waals surface area contributed by atoms with Crippen molar-refractivity contribution in [2.45, 2.75) is 0 Å². The van der Waals surface area contributed by atoms with E-state index >= 15 is 0 Å². The van der Waals surface area contributed by atoms with Crippen LogP contribution in [-0.4, -0.2) is 19.5 Å². The average molecular weight is 649 g/mol. The van der Waals surface area contributed by atoms with Crippen molar-refractivity contribution >= 4 is 43.4 Å². The Morgan fingerprint density at radius 2 is 0.784 bits per heavy atom. The highest BCUT2D eigenvalue weighted by atomic mass is 15.0. The van der Waals surface area contributed by atoms with Crippen molar-refractivity contribution in [3.8, 4) is 62.1 Å². The van der Waals surface area contributed by atoms with Crippen LogP contribution in [0.2, 0.25) is 0 Å². The summed E-state index contributed by atoms with van der Waals surface area (Å²) >= 11 is 0. The Morgan fingerprint density at radius 3 is 1.35 bits per heavy atom. The van der Waals surface area contributed by atoms with Gasteiger partial charge in [0.2, 0.25) is 0 Å². The Bertz CT molecular complexity index is 2860. The zero-order chi connectivity index (χ0) is 33.5. The molecule has 1 aliphatic rings. The van der Waals surface area contributed by atoms with Gasteiger partial charge in [0.05, 0.1) is 16.7 Å². The molecule has 4 nitrogen and oxygen atoms in total. The molecule has 0 atom stereocenters. The maximum Gasteiger partial charge on any atom is 0.164 e. The summed E-state index contributed by atoms with van der Waals surface area (Å²) in [6.07, 6.45) is 0. The number of nitrogens with zero attached hydrogens (tertiary/aromatic N) is 4. The highest BCUT2D eigenvalue weighted by Gasteiger charge is 2.25. The zero-order valence-corrected chi connectivity index (χ0v) is 27.5. The fraction of sp³-hybridized carbons (Fsp3) is 0. The van der Waals surface area contributed by atoms with E-state index in [1.165, 1.54) is 54.8 Å². The van der Waals surface area contributed by atoms with E-state index in [0.29, 0.717) is 17.5 Å². The first-order valence-electron chi connectivity index (χ1n) is 17.3. The van der Waals surface area contributed by atoms with E-state index in [0.717, 1.165) is 33.2 Å². The van der Waals surface area contributed by atoms with Crippen LogP contribution in [0.4, 0.5) is 0 Å². The van der Waals surface area contributed by atoms with E-state index in [4.69, 9.17) is 15.0 Å². The second-order valence-electron chi connectivity index (χ2n) is 13.2. The van der Waals surface area contributed by atoms with Crippen molar-refractivity contribution in [2.24, 2.45) is 0 Å². The zero-order valence-electron chi connectivity index (χ0n) is 27.5. The molecule has 8 aromatic carbocycles. The smallest absolute Gasteiger partial charge is 0.164 e. The summed E-state index contributed by atoms with van der Waals surface area (Å²) in [4.78, 5) is 15.2. The molecule has 2 aromatic heterocycles. The molecule has 51 heavy (non-hydrogen) atoms. The van der Waals surface area contributed by atoms with Crippen LogP contribution in [0.15, 0.2) is 170 Å². The summed E-state index contributed by atoms with van der Waals surface area (Å²) in [5.74, 6) is 1.93. The van der Waals surface area contributed by atoms with E-state index < -0.39 is 0 Å². The monoisotopic (exact) mass is 648 g/mol. The van der Waals surface area contributed by atoms with E-state index in [9.17, 15) is 0 Å². The van der Waals surface area contributed by atoms with Gasteiger partial charge in [-0.25, -0.2) is 15.0 Å². The third-order valence-electron chi connectivity index (χ3n) is 10.3. The first kappa shape index (κ1) is 28.0. The Labute approximate surface area is 294 Å². The number of aromatic nitrogens is 4. The van der Waals surface area contributed by atoms with Crippen LogP contribution in [0.3, 0.4) is 0 Å². The van der Waals surface area contributed by atoms with Crippen molar-refractivity contribution in [1.82, 2.24) is 19.5 Å². The number of benzene rings is 8. The molecule has 11 rings (SSSR count). The van der Waals surface area contributed by atoms with Crippen molar-refractivity contribution in [1.29, 1.82) is 0 Å². The van der Waals surface area contributed by atoms with Gasteiger partial charge >= 0.3 is 0 Å². The Hall–Kier alpha value is -6.91. The lowest BCUT2D eigenvalue weighted by Crippen LogP contribution is -2.02. The van der Waals surface area contributed by atoms with Gasteiger partial charge in [0.25, 0.3) is 0 Å². The minimum Gasteiger partial charge on any atom is -0.309 e. The number of hydrogen-bond donors (Lipinski definition) is 0. The molecule has 0 saturated heterocycles. The fourth-order valence-electron chi connectivity index (χ4n) is 8.15. The standard InChI is InChI=1S/C47H28N4/c1-3-13-30(14-4-1)45-48-46(31-15-5-2-6-16-31)50-47(49-45)33-27-32-17-7-8-20-34(32)41(28-33)51-39-25-11-23-37-35-21-9-18-29-19-10-22-36(42(29)35)38-24-12-26-40(51)44(38)43(37)39/h1-28H. The Morgan fingerprint density at radius 1 is 0.333 bits per heavy atom.